The number of thiophene rings is 1. The second kappa shape index (κ2) is 6.37. The van der Waals surface area contributed by atoms with Gasteiger partial charge in [-0.05, 0) is 35.9 Å². The lowest BCUT2D eigenvalue weighted by molar-refractivity contribution is 0.365. The standard InChI is InChI=1S/C11H17N3S/c1-4-14(13-3)7-5-11(12-2)10-6-8-15-9-10/h4,6,8-9,11-12H,1,3,5,7H2,2H3. The summed E-state index contributed by atoms with van der Waals surface area (Å²) >= 11 is 1.72. The molecule has 0 radical (unpaired) electrons. The molecule has 0 spiro atoms. The van der Waals surface area contributed by atoms with E-state index in [9.17, 15) is 0 Å². The van der Waals surface area contributed by atoms with Crippen molar-refractivity contribution in [3.63, 3.8) is 0 Å². The zero-order chi connectivity index (χ0) is 11.1. The van der Waals surface area contributed by atoms with Crippen molar-refractivity contribution in [2.45, 2.75) is 12.5 Å². The van der Waals surface area contributed by atoms with Crippen LogP contribution in [0.4, 0.5) is 0 Å². The Morgan fingerprint density at radius 2 is 2.53 bits per heavy atom. The fourth-order valence-electron chi connectivity index (χ4n) is 1.43. The van der Waals surface area contributed by atoms with Crippen LogP contribution in [-0.4, -0.2) is 25.3 Å². The molecule has 0 fully saturated rings. The molecule has 0 aliphatic carbocycles. The summed E-state index contributed by atoms with van der Waals surface area (Å²) in [5, 5.41) is 13.1. The van der Waals surface area contributed by atoms with Gasteiger partial charge in [-0.2, -0.15) is 16.4 Å². The van der Waals surface area contributed by atoms with Crippen LogP contribution in [0, 0.1) is 0 Å². The van der Waals surface area contributed by atoms with Crippen molar-refractivity contribution in [1.29, 1.82) is 0 Å². The van der Waals surface area contributed by atoms with E-state index in [0.29, 0.717) is 6.04 Å². The summed E-state index contributed by atoms with van der Waals surface area (Å²) in [7, 11) is 1.97. The Hall–Kier alpha value is -1.13. The minimum Gasteiger partial charge on any atom is -0.313 e. The van der Waals surface area contributed by atoms with Gasteiger partial charge < -0.3 is 5.32 Å². The third-order valence-corrected chi connectivity index (χ3v) is 3.03. The summed E-state index contributed by atoms with van der Waals surface area (Å²) in [5.41, 5.74) is 1.33. The summed E-state index contributed by atoms with van der Waals surface area (Å²) in [6.45, 7) is 7.98. The van der Waals surface area contributed by atoms with E-state index in [2.05, 4.69) is 40.5 Å². The molecule has 0 bridgehead atoms. The average molecular weight is 223 g/mol. The average Bonchev–Trinajstić information content (AvgIpc) is 2.78. The molecule has 0 aliphatic heterocycles. The van der Waals surface area contributed by atoms with Gasteiger partial charge in [0.25, 0.3) is 0 Å². The van der Waals surface area contributed by atoms with Crippen LogP contribution in [-0.2, 0) is 0 Å². The molecule has 0 saturated heterocycles. The molecule has 1 unspecified atom stereocenters. The maximum absolute atomic E-state index is 3.83. The molecule has 1 N–H and O–H groups in total. The van der Waals surface area contributed by atoms with Gasteiger partial charge in [0.1, 0.15) is 0 Å². The van der Waals surface area contributed by atoms with Crippen LogP contribution >= 0.6 is 11.3 Å². The molecule has 0 aromatic carbocycles. The van der Waals surface area contributed by atoms with Gasteiger partial charge in [0.2, 0.25) is 0 Å². The van der Waals surface area contributed by atoms with Crippen molar-refractivity contribution in [3.05, 3.63) is 35.2 Å². The predicted molar refractivity (Wildman–Crippen MR) is 67.2 cm³/mol. The largest absolute Gasteiger partial charge is 0.313 e. The quantitative estimate of drug-likeness (QED) is 0.568. The van der Waals surface area contributed by atoms with E-state index in [-0.39, 0.29) is 0 Å². The van der Waals surface area contributed by atoms with Crippen molar-refractivity contribution >= 4 is 18.1 Å². The summed E-state index contributed by atoms with van der Waals surface area (Å²) in [4.78, 5) is 0. The zero-order valence-electron chi connectivity index (χ0n) is 9.02. The molecule has 82 valence electrons. The normalized spacial score (nSPS) is 12.1. The van der Waals surface area contributed by atoms with Crippen molar-refractivity contribution in [1.82, 2.24) is 10.3 Å². The minimum atomic E-state index is 0.375. The van der Waals surface area contributed by atoms with Crippen LogP contribution in [0.25, 0.3) is 0 Å². The maximum Gasteiger partial charge on any atom is 0.0426 e. The van der Waals surface area contributed by atoms with Crippen molar-refractivity contribution < 1.29 is 0 Å². The topological polar surface area (TPSA) is 27.6 Å². The van der Waals surface area contributed by atoms with E-state index in [1.807, 2.05) is 7.05 Å². The Morgan fingerprint density at radius 1 is 1.73 bits per heavy atom. The second-order valence-electron chi connectivity index (χ2n) is 3.17. The Labute approximate surface area is 95.1 Å². The molecule has 15 heavy (non-hydrogen) atoms. The highest BCUT2D eigenvalue weighted by Crippen LogP contribution is 2.19. The molecule has 1 aromatic heterocycles. The summed E-state index contributed by atoms with van der Waals surface area (Å²) in [5.74, 6) is 0. The number of rotatable bonds is 7. The molecule has 4 heteroatoms. The van der Waals surface area contributed by atoms with E-state index in [0.717, 1.165) is 13.0 Å². The lowest BCUT2D eigenvalue weighted by atomic mass is 10.1. The summed E-state index contributed by atoms with van der Waals surface area (Å²) < 4.78 is 0. The van der Waals surface area contributed by atoms with Crippen LogP contribution in [0.15, 0.2) is 34.7 Å². The van der Waals surface area contributed by atoms with Crippen molar-refractivity contribution in [3.8, 4) is 0 Å². The number of nitrogens with one attached hydrogen (secondary N) is 1. The Balaban J connectivity index is 2.48. The highest BCUT2D eigenvalue weighted by atomic mass is 32.1. The number of hydrogen-bond acceptors (Lipinski definition) is 4. The van der Waals surface area contributed by atoms with Crippen LogP contribution < -0.4 is 5.32 Å². The van der Waals surface area contributed by atoms with Crippen molar-refractivity contribution in [2.24, 2.45) is 5.10 Å². The van der Waals surface area contributed by atoms with E-state index < -0.39 is 0 Å². The first kappa shape index (κ1) is 11.9. The first-order valence-electron chi connectivity index (χ1n) is 4.87. The third kappa shape index (κ3) is 3.49. The Kier molecular flexibility index (Phi) is 5.07. The van der Waals surface area contributed by atoms with Crippen molar-refractivity contribution in [2.75, 3.05) is 13.6 Å². The van der Waals surface area contributed by atoms with E-state index >= 15 is 0 Å². The molecular weight excluding hydrogens is 206 g/mol. The van der Waals surface area contributed by atoms with Crippen LogP contribution in [0.1, 0.15) is 18.0 Å². The van der Waals surface area contributed by atoms with Gasteiger partial charge in [-0.25, -0.2) is 0 Å². The van der Waals surface area contributed by atoms with E-state index in [1.54, 1.807) is 22.5 Å². The van der Waals surface area contributed by atoms with E-state index in [4.69, 9.17) is 0 Å². The number of hydrogen-bond donors (Lipinski definition) is 1. The fourth-order valence-corrected chi connectivity index (χ4v) is 2.15. The number of hydrazone groups is 1. The molecule has 1 aromatic rings. The lowest BCUT2D eigenvalue weighted by Crippen LogP contribution is -2.21. The molecule has 0 amide bonds. The molecule has 1 atom stereocenters. The summed E-state index contributed by atoms with van der Waals surface area (Å²) in [6, 6.07) is 2.52. The lowest BCUT2D eigenvalue weighted by Gasteiger charge is -2.18. The predicted octanol–water partition coefficient (Wildman–Crippen LogP) is 2.46. The SMILES string of the molecule is C=CN(CCC(NC)c1ccsc1)N=C. The molecular formula is C11H17N3S. The molecule has 1 rings (SSSR count). The van der Waals surface area contributed by atoms with Gasteiger partial charge in [-0.3, -0.25) is 5.01 Å². The second-order valence-corrected chi connectivity index (χ2v) is 3.95. The van der Waals surface area contributed by atoms with Gasteiger partial charge in [0, 0.05) is 25.5 Å². The van der Waals surface area contributed by atoms with E-state index in [1.165, 1.54) is 5.56 Å². The minimum absolute atomic E-state index is 0.375. The smallest absolute Gasteiger partial charge is 0.0426 e. The van der Waals surface area contributed by atoms with Gasteiger partial charge in [-0.1, -0.05) is 6.58 Å². The van der Waals surface area contributed by atoms with Gasteiger partial charge >= 0.3 is 0 Å². The molecule has 3 nitrogen and oxygen atoms in total. The van der Waals surface area contributed by atoms with Gasteiger partial charge in [0.15, 0.2) is 0 Å². The Bertz CT molecular complexity index is 287. The third-order valence-electron chi connectivity index (χ3n) is 2.33. The highest BCUT2D eigenvalue weighted by Gasteiger charge is 2.09. The van der Waals surface area contributed by atoms with Crippen LogP contribution in [0.5, 0.6) is 0 Å². The fraction of sp³-hybridized carbons (Fsp3) is 0.364. The van der Waals surface area contributed by atoms with Gasteiger partial charge in [0.05, 0.1) is 0 Å². The van der Waals surface area contributed by atoms with Gasteiger partial charge in [-0.15, -0.1) is 0 Å². The maximum atomic E-state index is 3.83. The Morgan fingerprint density at radius 3 is 3.00 bits per heavy atom. The molecule has 0 aliphatic rings. The van der Waals surface area contributed by atoms with Crippen LogP contribution in [0.3, 0.4) is 0 Å². The molecule has 1 heterocycles. The first-order chi connectivity index (χ1) is 7.31. The first-order valence-corrected chi connectivity index (χ1v) is 5.81. The summed E-state index contributed by atoms with van der Waals surface area (Å²) in [6.07, 6.45) is 2.67. The number of nitrogens with zero attached hydrogens (tertiary/aromatic N) is 2. The zero-order valence-corrected chi connectivity index (χ0v) is 9.83. The van der Waals surface area contributed by atoms with Crippen LogP contribution in [0.2, 0.25) is 0 Å². The molecule has 0 saturated carbocycles. The monoisotopic (exact) mass is 223 g/mol. The highest BCUT2D eigenvalue weighted by molar-refractivity contribution is 7.07.